The highest BCUT2D eigenvalue weighted by Gasteiger charge is 2.21. The molecule has 1 N–H and O–H groups in total. The van der Waals surface area contributed by atoms with Crippen LogP contribution < -0.4 is 0 Å². The molecule has 0 aliphatic heterocycles. The minimum atomic E-state index is -0.930. The van der Waals surface area contributed by atoms with Gasteiger partial charge < -0.3 is 5.11 Å². The molecule has 0 radical (unpaired) electrons. The maximum Gasteiger partial charge on any atom is 0.335 e. The molecule has 0 saturated heterocycles. The van der Waals surface area contributed by atoms with Crippen LogP contribution in [0.4, 0.5) is 0 Å². The molecule has 0 fully saturated rings. The first-order valence-electron chi connectivity index (χ1n) is 10.6. The molecular formula is C29H30O2. The standard InChI is InChI=1S/C29H30O2/c1-28(2,3)25-16-14-22(15-17-25)26-18-19-29(4,5)20-24(26)9-7-6-8-21-10-12-23(13-11-21)27(30)31/h7,9-18,20H,19H2,1-5H3,(H,30,31). The van der Waals surface area contributed by atoms with Crippen molar-refractivity contribution in [1.82, 2.24) is 0 Å². The van der Waals surface area contributed by atoms with Crippen molar-refractivity contribution >= 4 is 11.5 Å². The van der Waals surface area contributed by atoms with Crippen molar-refractivity contribution in [2.45, 2.75) is 46.5 Å². The predicted octanol–water partition coefficient (Wildman–Crippen LogP) is 7.03. The Balaban J connectivity index is 1.82. The summed E-state index contributed by atoms with van der Waals surface area (Å²) in [6.45, 7) is 11.2. The van der Waals surface area contributed by atoms with Crippen LogP contribution in [-0.4, -0.2) is 11.1 Å². The van der Waals surface area contributed by atoms with Crippen molar-refractivity contribution in [1.29, 1.82) is 0 Å². The van der Waals surface area contributed by atoms with Crippen LogP contribution in [0, 0.1) is 17.3 Å². The zero-order valence-electron chi connectivity index (χ0n) is 19.0. The molecule has 2 nitrogen and oxygen atoms in total. The minimum absolute atomic E-state index is 0.106. The summed E-state index contributed by atoms with van der Waals surface area (Å²) < 4.78 is 0. The molecule has 1 aliphatic carbocycles. The number of hydrogen-bond acceptors (Lipinski definition) is 1. The first-order chi connectivity index (χ1) is 14.5. The summed E-state index contributed by atoms with van der Waals surface area (Å²) in [6, 6.07) is 15.5. The van der Waals surface area contributed by atoms with Crippen LogP contribution in [0.15, 0.2) is 78.4 Å². The van der Waals surface area contributed by atoms with Crippen molar-refractivity contribution < 1.29 is 9.90 Å². The van der Waals surface area contributed by atoms with Crippen LogP contribution in [0.2, 0.25) is 0 Å². The molecule has 3 rings (SSSR count). The summed E-state index contributed by atoms with van der Waals surface area (Å²) >= 11 is 0. The number of carboxylic acid groups (broad SMARTS) is 1. The second-order valence-electron chi connectivity index (χ2n) is 9.72. The molecule has 31 heavy (non-hydrogen) atoms. The van der Waals surface area contributed by atoms with Gasteiger partial charge in [-0.15, -0.1) is 0 Å². The van der Waals surface area contributed by atoms with Crippen molar-refractivity contribution in [3.05, 3.63) is 101 Å². The quantitative estimate of drug-likeness (QED) is 0.552. The fraction of sp³-hybridized carbons (Fsp3) is 0.276. The number of hydrogen-bond donors (Lipinski definition) is 1. The number of aromatic carboxylic acids is 1. The molecule has 0 saturated carbocycles. The van der Waals surface area contributed by atoms with Crippen molar-refractivity contribution in [3.8, 4) is 11.8 Å². The molecule has 0 bridgehead atoms. The second-order valence-corrected chi connectivity index (χ2v) is 9.72. The van der Waals surface area contributed by atoms with E-state index in [0.717, 1.165) is 12.0 Å². The monoisotopic (exact) mass is 410 g/mol. The summed E-state index contributed by atoms with van der Waals surface area (Å²) in [5, 5.41) is 8.99. The van der Waals surface area contributed by atoms with Gasteiger partial charge in [-0.1, -0.05) is 82.9 Å². The molecule has 158 valence electrons. The third-order valence-corrected chi connectivity index (χ3v) is 5.45. The maximum absolute atomic E-state index is 11.0. The van der Waals surface area contributed by atoms with Crippen molar-refractivity contribution in [2.75, 3.05) is 0 Å². The number of allylic oxidation sites excluding steroid dienone is 6. The Morgan fingerprint density at radius 2 is 1.68 bits per heavy atom. The lowest BCUT2D eigenvalue weighted by atomic mass is 9.78. The van der Waals surface area contributed by atoms with Gasteiger partial charge in [-0.2, -0.15) is 0 Å². The largest absolute Gasteiger partial charge is 0.478 e. The topological polar surface area (TPSA) is 37.3 Å². The Bertz CT molecular complexity index is 1100. The number of rotatable bonds is 3. The molecule has 0 atom stereocenters. The normalized spacial score (nSPS) is 15.6. The highest BCUT2D eigenvalue weighted by atomic mass is 16.4. The number of benzene rings is 2. The average molecular weight is 411 g/mol. The van der Waals surface area contributed by atoms with Gasteiger partial charge in [-0.25, -0.2) is 4.79 Å². The molecule has 0 amide bonds. The van der Waals surface area contributed by atoms with Gasteiger partial charge in [0.2, 0.25) is 0 Å². The first kappa shape index (κ1) is 22.4. The van der Waals surface area contributed by atoms with Crippen LogP contribution in [0.3, 0.4) is 0 Å². The molecule has 2 aromatic carbocycles. The SMILES string of the molecule is CC1(C)C=C(C=CC#Cc2ccc(C(=O)O)cc2)C(c2ccc(C(C)(C)C)cc2)=CC1. The van der Waals surface area contributed by atoms with Gasteiger partial charge in [0.25, 0.3) is 0 Å². The van der Waals surface area contributed by atoms with Gasteiger partial charge >= 0.3 is 5.97 Å². The van der Waals surface area contributed by atoms with Gasteiger partial charge in [0.1, 0.15) is 0 Å². The Morgan fingerprint density at radius 3 is 2.26 bits per heavy atom. The molecule has 2 heteroatoms. The Morgan fingerprint density at radius 1 is 1.03 bits per heavy atom. The van der Waals surface area contributed by atoms with Gasteiger partial charge in [-0.3, -0.25) is 0 Å². The first-order valence-corrected chi connectivity index (χ1v) is 10.6. The van der Waals surface area contributed by atoms with Crippen LogP contribution in [0.5, 0.6) is 0 Å². The van der Waals surface area contributed by atoms with E-state index in [1.54, 1.807) is 24.3 Å². The van der Waals surface area contributed by atoms with E-state index >= 15 is 0 Å². The minimum Gasteiger partial charge on any atom is -0.478 e. The number of carboxylic acids is 1. The maximum atomic E-state index is 11.0. The summed E-state index contributed by atoms with van der Waals surface area (Å²) in [4.78, 5) is 11.0. The third-order valence-electron chi connectivity index (χ3n) is 5.45. The van der Waals surface area contributed by atoms with Gasteiger partial charge in [0, 0.05) is 5.56 Å². The van der Waals surface area contributed by atoms with E-state index in [9.17, 15) is 4.79 Å². The van der Waals surface area contributed by atoms with E-state index < -0.39 is 5.97 Å². The smallest absolute Gasteiger partial charge is 0.335 e. The Hall–Kier alpha value is -3.31. The predicted molar refractivity (Wildman–Crippen MR) is 129 cm³/mol. The van der Waals surface area contributed by atoms with Gasteiger partial charge in [0.15, 0.2) is 0 Å². The van der Waals surface area contributed by atoms with Crippen LogP contribution >= 0.6 is 0 Å². The van der Waals surface area contributed by atoms with E-state index in [-0.39, 0.29) is 16.4 Å². The van der Waals surface area contributed by atoms with Crippen LogP contribution in [-0.2, 0) is 5.41 Å². The van der Waals surface area contributed by atoms with E-state index in [2.05, 4.69) is 89.0 Å². The van der Waals surface area contributed by atoms with Crippen molar-refractivity contribution in [2.24, 2.45) is 5.41 Å². The van der Waals surface area contributed by atoms with Gasteiger partial charge in [-0.05, 0) is 75.9 Å². The lowest BCUT2D eigenvalue weighted by Crippen LogP contribution is -2.12. The zero-order chi connectivity index (χ0) is 22.6. The lowest BCUT2D eigenvalue weighted by molar-refractivity contribution is 0.0697. The van der Waals surface area contributed by atoms with Crippen molar-refractivity contribution in [3.63, 3.8) is 0 Å². The van der Waals surface area contributed by atoms with E-state index in [1.165, 1.54) is 22.3 Å². The fourth-order valence-corrected chi connectivity index (χ4v) is 3.57. The molecule has 1 aliphatic rings. The highest BCUT2D eigenvalue weighted by Crippen LogP contribution is 2.38. The molecule has 0 unspecified atom stereocenters. The van der Waals surface area contributed by atoms with E-state index in [1.807, 2.05) is 6.08 Å². The second kappa shape index (κ2) is 8.82. The Labute approximate surface area is 186 Å². The zero-order valence-corrected chi connectivity index (χ0v) is 19.0. The summed E-state index contributed by atoms with van der Waals surface area (Å²) in [5.74, 6) is 5.22. The molecular weight excluding hydrogens is 380 g/mol. The molecule has 0 aromatic heterocycles. The highest BCUT2D eigenvalue weighted by molar-refractivity contribution is 5.87. The average Bonchev–Trinajstić information content (AvgIpc) is 2.70. The molecule has 0 heterocycles. The van der Waals surface area contributed by atoms with E-state index in [4.69, 9.17) is 5.11 Å². The number of carbonyl (C=O) groups is 1. The Kier molecular flexibility index (Phi) is 6.37. The molecule has 0 spiro atoms. The summed E-state index contributed by atoms with van der Waals surface area (Å²) in [6.07, 6.45) is 9.59. The summed E-state index contributed by atoms with van der Waals surface area (Å²) in [5.41, 5.74) is 6.26. The fourth-order valence-electron chi connectivity index (χ4n) is 3.57. The van der Waals surface area contributed by atoms with E-state index in [0.29, 0.717) is 0 Å². The van der Waals surface area contributed by atoms with Crippen LogP contribution in [0.1, 0.15) is 68.1 Å². The summed E-state index contributed by atoms with van der Waals surface area (Å²) in [7, 11) is 0. The molecule has 2 aromatic rings. The lowest BCUT2D eigenvalue weighted by Gasteiger charge is -2.27. The van der Waals surface area contributed by atoms with Gasteiger partial charge in [0.05, 0.1) is 5.56 Å². The van der Waals surface area contributed by atoms with Crippen LogP contribution in [0.25, 0.3) is 5.57 Å². The third kappa shape index (κ3) is 5.86.